The summed E-state index contributed by atoms with van der Waals surface area (Å²) >= 11 is 6.50. The highest BCUT2D eigenvalue weighted by Gasteiger charge is 2.28. The fourth-order valence-corrected chi connectivity index (χ4v) is 4.12. The molecule has 2 aromatic heterocycles. The van der Waals surface area contributed by atoms with Gasteiger partial charge in [-0.25, -0.2) is 9.97 Å². The first-order chi connectivity index (χ1) is 14.2. The summed E-state index contributed by atoms with van der Waals surface area (Å²) in [4.78, 5) is 27.9. The van der Waals surface area contributed by atoms with Crippen molar-refractivity contribution in [2.45, 2.75) is 44.7 Å². The number of rotatable bonds is 5. The molecule has 1 aliphatic carbocycles. The van der Waals surface area contributed by atoms with Crippen molar-refractivity contribution < 1.29 is 9.53 Å². The summed E-state index contributed by atoms with van der Waals surface area (Å²) in [5.41, 5.74) is 1.96. The van der Waals surface area contributed by atoms with Crippen LogP contribution in [0.3, 0.4) is 0 Å². The average Bonchev–Trinajstić information content (AvgIpc) is 2.78. The monoisotopic (exact) mass is 410 g/mol. The second kappa shape index (κ2) is 8.74. The van der Waals surface area contributed by atoms with Gasteiger partial charge in [0.2, 0.25) is 0 Å². The first kappa shape index (κ1) is 19.6. The predicted molar refractivity (Wildman–Crippen MR) is 112 cm³/mol. The largest absolute Gasteiger partial charge is 0.497 e. The normalized spacial score (nSPS) is 14.7. The van der Waals surface area contributed by atoms with Crippen molar-refractivity contribution in [2.75, 3.05) is 7.11 Å². The number of halogens is 1. The molecule has 150 valence electrons. The van der Waals surface area contributed by atoms with Gasteiger partial charge in [0.25, 0.3) is 5.91 Å². The van der Waals surface area contributed by atoms with Gasteiger partial charge in [-0.15, -0.1) is 0 Å². The summed E-state index contributed by atoms with van der Waals surface area (Å²) in [6.07, 6.45) is 10.1. The molecule has 0 aliphatic heterocycles. The SMILES string of the molecule is COc1ccc2nc(Cl)c(CN(C(=O)c3cnccn3)C3CCCCC3)cc2c1. The minimum Gasteiger partial charge on any atom is -0.497 e. The standard InChI is InChI=1S/C22H23ClN4O2/c1-29-18-7-8-19-15(12-18)11-16(21(23)26-19)14-27(17-5-3-2-4-6-17)22(28)20-13-24-9-10-25-20/h7-13,17H,2-6,14H2,1H3. The molecule has 0 bridgehead atoms. The van der Waals surface area contributed by atoms with Gasteiger partial charge in [0, 0.05) is 35.9 Å². The van der Waals surface area contributed by atoms with Crippen LogP contribution < -0.4 is 4.74 Å². The van der Waals surface area contributed by atoms with Gasteiger partial charge in [0.05, 0.1) is 18.8 Å². The van der Waals surface area contributed by atoms with Crippen molar-refractivity contribution in [3.05, 3.63) is 59.3 Å². The van der Waals surface area contributed by atoms with Gasteiger partial charge < -0.3 is 9.64 Å². The Balaban J connectivity index is 1.69. The zero-order valence-corrected chi connectivity index (χ0v) is 17.1. The summed E-state index contributed by atoms with van der Waals surface area (Å²) < 4.78 is 5.32. The number of amides is 1. The van der Waals surface area contributed by atoms with Crippen molar-refractivity contribution in [3.63, 3.8) is 0 Å². The van der Waals surface area contributed by atoms with E-state index in [-0.39, 0.29) is 11.9 Å². The first-order valence-corrected chi connectivity index (χ1v) is 10.2. The molecule has 0 N–H and O–H groups in total. The van der Waals surface area contributed by atoms with Crippen LogP contribution in [-0.2, 0) is 6.54 Å². The Morgan fingerprint density at radius 1 is 1.21 bits per heavy atom. The van der Waals surface area contributed by atoms with Crippen LogP contribution in [0.2, 0.25) is 5.15 Å². The first-order valence-electron chi connectivity index (χ1n) is 9.86. The number of pyridine rings is 1. The lowest BCUT2D eigenvalue weighted by molar-refractivity contribution is 0.0607. The highest BCUT2D eigenvalue weighted by Crippen LogP contribution is 2.29. The number of carbonyl (C=O) groups excluding carboxylic acids is 1. The maximum Gasteiger partial charge on any atom is 0.274 e. The summed E-state index contributed by atoms with van der Waals surface area (Å²) in [5.74, 6) is 0.638. The molecule has 0 saturated heterocycles. The van der Waals surface area contributed by atoms with E-state index in [1.807, 2.05) is 29.2 Å². The number of carbonyl (C=O) groups is 1. The molecule has 0 spiro atoms. The number of fused-ring (bicyclic) bond motifs is 1. The van der Waals surface area contributed by atoms with E-state index in [1.165, 1.54) is 12.6 Å². The van der Waals surface area contributed by atoms with E-state index in [1.54, 1.807) is 19.5 Å². The van der Waals surface area contributed by atoms with E-state index in [4.69, 9.17) is 16.3 Å². The van der Waals surface area contributed by atoms with E-state index >= 15 is 0 Å². The topological polar surface area (TPSA) is 68.2 Å². The summed E-state index contributed by atoms with van der Waals surface area (Å²) in [6, 6.07) is 7.82. The third-order valence-corrected chi connectivity index (χ3v) is 5.77. The molecule has 1 aliphatic rings. The van der Waals surface area contributed by atoms with Crippen LogP contribution in [0.15, 0.2) is 42.9 Å². The van der Waals surface area contributed by atoms with Gasteiger partial charge in [-0.2, -0.15) is 0 Å². The predicted octanol–water partition coefficient (Wildman–Crippen LogP) is 4.66. The third kappa shape index (κ3) is 4.32. The lowest BCUT2D eigenvalue weighted by Crippen LogP contribution is -2.41. The van der Waals surface area contributed by atoms with Gasteiger partial charge in [-0.1, -0.05) is 30.9 Å². The second-order valence-electron chi connectivity index (χ2n) is 7.31. The molecule has 3 aromatic rings. The van der Waals surface area contributed by atoms with Crippen molar-refractivity contribution in [1.29, 1.82) is 0 Å². The van der Waals surface area contributed by atoms with E-state index < -0.39 is 0 Å². The number of benzene rings is 1. The van der Waals surface area contributed by atoms with Crippen LogP contribution in [-0.4, -0.2) is 38.9 Å². The Morgan fingerprint density at radius 3 is 2.76 bits per heavy atom. The Morgan fingerprint density at radius 2 is 2.03 bits per heavy atom. The number of hydrogen-bond donors (Lipinski definition) is 0. The molecule has 1 aromatic carbocycles. The number of methoxy groups -OCH3 is 1. The average molecular weight is 411 g/mol. The fourth-order valence-electron chi connectivity index (χ4n) is 3.91. The molecule has 0 radical (unpaired) electrons. The minimum atomic E-state index is -0.119. The molecule has 1 saturated carbocycles. The molecule has 0 unspecified atom stereocenters. The van der Waals surface area contributed by atoms with Gasteiger partial charge in [-0.05, 0) is 37.1 Å². The van der Waals surface area contributed by atoms with Crippen LogP contribution in [0.4, 0.5) is 0 Å². The van der Waals surface area contributed by atoms with Gasteiger partial charge in [0.15, 0.2) is 0 Å². The molecule has 7 heteroatoms. The number of nitrogens with zero attached hydrogens (tertiary/aromatic N) is 4. The van der Waals surface area contributed by atoms with Gasteiger partial charge in [0.1, 0.15) is 16.6 Å². The minimum absolute atomic E-state index is 0.119. The van der Waals surface area contributed by atoms with Crippen molar-refractivity contribution in [3.8, 4) is 5.75 Å². The van der Waals surface area contributed by atoms with E-state index in [9.17, 15) is 4.79 Å². The molecule has 29 heavy (non-hydrogen) atoms. The fraction of sp³-hybridized carbons (Fsp3) is 0.364. The molecule has 4 rings (SSSR count). The van der Waals surface area contributed by atoms with E-state index in [2.05, 4.69) is 15.0 Å². The summed E-state index contributed by atoms with van der Waals surface area (Å²) in [6.45, 7) is 0.388. The Kier molecular flexibility index (Phi) is 5.90. The van der Waals surface area contributed by atoms with E-state index in [0.29, 0.717) is 17.4 Å². The van der Waals surface area contributed by atoms with Crippen LogP contribution in [0.1, 0.15) is 48.2 Å². The third-order valence-electron chi connectivity index (χ3n) is 5.45. The Bertz CT molecular complexity index is 1010. The van der Waals surface area contributed by atoms with Crippen LogP contribution >= 0.6 is 11.6 Å². The Hall–Kier alpha value is -2.73. The van der Waals surface area contributed by atoms with Crippen molar-refractivity contribution in [2.24, 2.45) is 0 Å². The molecule has 0 atom stereocenters. The number of ether oxygens (including phenoxy) is 1. The summed E-state index contributed by atoms with van der Waals surface area (Å²) in [5, 5.41) is 1.34. The lowest BCUT2D eigenvalue weighted by atomic mass is 9.93. The Labute approximate surface area is 174 Å². The van der Waals surface area contributed by atoms with Gasteiger partial charge in [-0.3, -0.25) is 9.78 Å². The van der Waals surface area contributed by atoms with Crippen LogP contribution in [0, 0.1) is 0 Å². The second-order valence-corrected chi connectivity index (χ2v) is 7.67. The van der Waals surface area contributed by atoms with Crippen LogP contribution in [0.25, 0.3) is 10.9 Å². The molecule has 1 amide bonds. The summed E-state index contributed by atoms with van der Waals surface area (Å²) in [7, 11) is 1.63. The molecular formula is C22H23ClN4O2. The van der Waals surface area contributed by atoms with Crippen molar-refractivity contribution in [1.82, 2.24) is 19.9 Å². The van der Waals surface area contributed by atoms with E-state index in [0.717, 1.165) is 47.9 Å². The quantitative estimate of drug-likeness (QED) is 0.572. The maximum absolute atomic E-state index is 13.3. The van der Waals surface area contributed by atoms with Crippen molar-refractivity contribution >= 4 is 28.4 Å². The lowest BCUT2D eigenvalue weighted by Gasteiger charge is -2.34. The number of aromatic nitrogens is 3. The molecule has 6 nitrogen and oxygen atoms in total. The molecular weight excluding hydrogens is 388 g/mol. The zero-order chi connectivity index (χ0) is 20.2. The van der Waals surface area contributed by atoms with Gasteiger partial charge >= 0.3 is 0 Å². The maximum atomic E-state index is 13.3. The zero-order valence-electron chi connectivity index (χ0n) is 16.3. The molecule has 2 heterocycles. The highest BCUT2D eigenvalue weighted by molar-refractivity contribution is 6.30. The smallest absolute Gasteiger partial charge is 0.274 e. The van der Waals surface area contributed by atoms with Crippen LogP contribution in [0.5, 0.6) is 5.75 Å². The molecule has 1 fully saturated rings. The highest BCUT2D eigenvalue weighted by atomic mass is 35.5. The number of hydrogen-bond acceptors (Lipinski definition) is 5.